The highest BCUT2D eigenvalue weighted by Crippen LogP contribution is 2.32. The van der Waals surface area contributed by atoms with E-state index in [2.05, 4.69) is 68.3 Å². The average molecular weight is 267 g/mol. The second-order valence-electron chi connectivity index (χ2n) is 5.70. The van der Waals surface area contributed by atoms with Gasteiger partial charge in [0.2, 0.25) is 0 Å². The summed E-state index contributed by atoms with van der Waals surface area (Å²) in [5, 5.41) is 0. The highest BCUT2D eigenvalue weighted by atomic mass is 16.5. The molecule has 1 heterocycles. The third-order valence-electron chi connectivity index (χ3n) is 4.01. The van der Waals surface area contributed by atoms with Gasteiger partial charge >= 0.3 is 0 Å². The van der Waals surface area contributed by atoms with Gasteiger partial charge in [0.15, 0.2) is 0 Å². The minimum absolute atomic E-state index is 0.572. The maximum Gasteiger partial charge on any atom is 0.124 e. The summed E-state index contributed by atoms with van der Waals surface area (Å²) in [6.07, 6.45) is 1.03. The van der Waals surface area contributed by atoms with E-state index in [0.717, 1.165) is 18.8 Å². The molecule has 1 aliphatic rings. The van der Waals surface area contributed by atoms with E-state index in [0.29, 0.717) is 5.92 Å². The predicted octanol–water partition coefficient (Wildman–Crippen LogP) is 4.51. The van der Waals surface area contributed by atoms with Crippen molar-refractivity contribution in [2.24, 2.45) is 0 Å². The first kappa shape index (κ1) is 13.0. The van der Waals surface area contributed by atoms with Crippen LogP contribution in [0.1, 0.15) is 30.9 Å². The minimum atomic E-state index is 0.572. The molecular weight excluding hydrogens is 246 g/mol. The number of ether oxygens (including phenoxy) is 1. The van der Waals surface area contributed by atoms with Crippen LogP contribution in [0.2, 0.25) is 0 Å². The smallest absolute Gasteiger partial charge is 0.124 e. The van der Waals surface area contributed by atoms with Gasteiger partial charge < -0.3 is 9.64 Å². The summed E-state index contributed by atoms with van der Waals surface area (Å²) in [5.74, 6) is 1.61. The van der Waals surface area contributed by atoms with Gasteiger partial charge in [0.05, 0.1) is 6.61 Å². The molecule has 0 fully saturated rings. The zero-order chi connectivity index (χ0) is 14.1. The summed E-state index contributed by atoms with van der Waals surface area (Å²) in [5.41, 5.74) is 5.06. The Kier molecular flexibility index (Phi) is 3.39. The summed E-state index contributed by atoms with van der Waals surface area (Å²) < 4.78 is 5.65. The van der Waals surface area contributed by atoms with Crippen LogP contribution in [0.25, 0.3) is 0 Å². The summed E-state index contributed by atoms with van der Waals surface area (Å²) in [7, 11) is 2.10. The number of nitrogens with zero attached hydrogens (tertiary/aromatic N) is 1. The van der Waals surface area contributed by atoms with Crippen LogP contribution in [-0.4, -0.2) is 13.7 Å². The lowest BCUT2D eigenvalue weighted by Gasteiger charge is -2.21. The van der Waals surface area contributed by atoms with Gasteiger partial charge in [-0.1, -0.05) is 32.0 Å². The number of fused-ring (bicyclic) bond motifs is 1. The van der Waals surface area contributed by atoms with E-state index in [1.807, 2.05) is 0 Å². The van der Waals surface area contributed by atoms with Gasteiger partial charge in [0.25, 0.3) is 0 Å². The number of anilines is 2. The molecule has 0 saturated carbocycles. The molecule has 0 aromatic heterocycles. The summed E-state index contributed by atoms with van der Waals surface area (Å²) >= 11 is 0. The lowest BCUT2D eigenvalue weighted by Crippen LogP contribution is -2.09. The highest BCUT2D eigenvalue weighted by molar-refractivity contribution is 5.65. The Morgan fingerprint density at radius 2 is 1.70 bits per heavy atom. The Bertz CT molecular complexity index is 601. The summed E-state index contributed by atoms with van der Waals surface area (Å²) in [6.45, 7) is 5.25. The second kappa shape index (κ2) is 5.20. The Morgan fingerprint density at radius 3 is 2.40 bits per heavy atom. The van der Waals surface area contributed by atoms with Crippen LogP contribution in [0.15, 0.2) is 42.5 Å². The Hall–Kier alpha value is -1.96. The number of benzene rings is 2. The molecule has 0 bridgehead atoms. The molecule has 0 unspecified atom stereocenters. The van der Waals surface area contributed by atoms with Gasteiger partial charge in [0.1, 0.15) is 5.75 Å². The Morgan fingerprint density at radius 1 is 1.00 bits per heavy atom. The summed E-state index contributed by atoms with van der Waals surface area (Å²) in [4.78, 5) is 2.20. The fourth-order valence-electron chi connectivity index (χ4n) is 2.60. The maximum atomic E-state index is 5.65. The zero-order valence-corrected chi connectivity index (χ0v) is 12.4. The van der Waals surface area contributed by atoms with Gasteiger partial charge in [-0.25, -0.2) is 0 Å². The third-order valence-corrected chi connectivity index (χ3v) is 4.01. The highest BCUT2D eigenvalue weighted by Gasteiger charge is 2.14. The molecule has 0 saturated heterocycles. The van der Waals surface area contributed by atoms with Crippen molar-refractivity contribution in [3.8, 4) is 5.75 Å². The van der Waals surface area contributed by atoms with Crippen LogP contribution >= 0.6 is 0 Å². The fraction of sp³-hybridized carbons (Fsp3) is 0.333. The molecule has 104 valence electrons. The molecule has 0 spiro atoms. The Balaban J connectivity index is 1.86. The van der Waals surface area contributed by atoms with E-state index in [4.69, 9.17) is 4.74 Å². The van der Waals surface area contributed by atoms with E-state index in [1.165, 1.54) is 22.5 Å². The monoisotopic (exact) mass is 267 g/mol. The minimum Gasteiger partial charge on any atom is -0.493 e. The number of rotatable bonds is 3. The van der Waals surface area contributed by atoms with E-state index in [9.17, 15) is 0 Å². The molecule has 20 heavy (non-hydrogen) atoms. The first-order valence-corrected chi connectivity index (χ1v) is 7.24. The van der Waals surface area contributed by atoms with Gasteiger partial charge in [-0.2, -0.15) is 0 Å². The molecule has 2 aromatic carbocycles. The van der Waals surface area contributed by atoms with Crippen LogP contribution in [0.5, 0.6) is 5.75 Å². The van der Waals surface area contributed by atoms with E-state index < -0.39 is 0 Å². The Labute approximate surface area is 121 Å². The molecule has 0 N–H and O–H groups in total. The molecule has 0 atom stereocenters. The van der Waals surface area contributed by atoms with Gasteiger partial charge in [-0.15, -0.1) is 0 Å². The third kappa shape index (κ3) is 2.38. The van der Waals surface area contributed by atoms with Crippen molar-refractivity contribution < 1.29 is 4.74 Å². The molecule has 3 rings (SSSR count). The second-order valence-corrected chi connectivity index (χ2v) is 5.70. The van der Waals surface area contributed by atoms with Crippen LogP contribution in [-0.2, 0) is 6.42 Å². The fourth-order valence-corrected chi connectivity index (χ4v) is 2.60. The molecule has 0 amide bonds. The lowest BCUT2D eigenvalue weighted by molar-refractivity contribution is 0.357. The van der Waals surface area contributed by atoms with E-state index >= 15 is 0 Å². The first-order valence-electron chi connectivity index (χ1n) is 7.24. The maximum absolute atomic E-state index is 5.65. The molecule has 0 aliphatic carbocycles. The molecule has 2 aromatic rings. The van der Waals surface area contributed by atoms with Crippen LogP contribution in [0, 0.1) is 0 Å². The number of hydrogen-bond donors (Lipinski definition) is 0. The normalized spacial score (nSPS) is 13.2. The lowest BCUT2D eigenvalue weighted by atomic mass is 10.0. The largest absolute Gasteiger partial charge is 0.493 e. The molecule has 2 nitrogen and oxygen atoms in total. The van der Waals surface area contributed by atoms with Crippen LogP contribution in [0.4, 0.5) is 11.4 Å². The van der Waals surface area contributed by atoms with Crippen molar-refractivity contribution in [2.75, 3.05) is 18.6 Å². The van der Waals surface area contributed by atoms with Gasteiger partial charge in [-0.3, -0.25) is 0 Å². The van der Waals surface area contributed by atoms with E-state index in [1.54, 1.807) is 0 Å². The van der Waals surface area contributed by atoms with Gasteiger partial charge in [0, 0.05) is 30.9 Å². The van der Waals surface area contributed by atoms with E-state index in [-0.39, 0.29) is 0 Å². The van der Waals surface area contributed by atoms with Crippen molar-refractivity contribution in [1.82, 2.24) is 0 Å². The van der Waals surface area contributed by atoms with Crippen molar-refractivity contribution in [3.05, 3.63) is 53.6 Å². The number of hydrogen-bond acceptors (Lipinski definition) is 2. The average Bonchev–Trinajstić information content (AvgIpc) is 2.94. The standard InChI is InChI=1S/C18H21NO/c1-13(2)14-4-7-16(8-5-14)19(3)17-9-6-15-10-11-20-18(15)12-17/h4-9,12-13H,10-11H2,1-3H3. The molecule has 2 heteroatoms. The molecular formula is C18H21NO. The van der Waals surface area contributed by atoms with Crippen molar-refractivity contribution in [2.45, 2.75) is 26.2 Å². The molecule has 1 aliphatic heterocycles. The van der Waals surface area contributed by atoms with Crippen molar-refractivity contribution in [3.63, 3.8) is 0 Å². The van der Waals surface area contributed by atoms with Crippen molar-refractivity contribution >= 4 is 11.4 Å². The predicted molar refractivity (Wildman–Crippen MR) is 84.2 cm³/mol. The topological polar surface area (TPSA) is 12.5 Å². The summed E-state index contributed by atoms with van der Waals surface area (Å²) in [6, 6.07) is 15.3. The SMILES string of the molecule is CC(C)c1ccc(N(C)c2ccc3c(c2)OCC3)cc1. The van der Waals surface area contributed by atoms with Crippen LogP contribution < -0.4 is 9.64 Å². The quantitative estimate of drug-likeness (QED) is 0.811. The zero-order valence-electron chi connectivity index (χ0n) is 12.4. The van der Waals surface area contributed by atoms with Gasteiger partial charge in [-0.05, 0) is 35.2 Å². The first-order chi connectivity index (χ1) is 9.65. The van der Waals surface area contributed by atoms with Crippen LogP contribution in [0.3, 0.4) is 0 Å². The van der Waals surface area contributed by atoms with Crippen molar-refractivity contribution in [1.29, 1.82) is 0 Å². The molecule has 0 radical (unpaired) electrons.